The Morgan fingerprint density at radius 1 is 1.14 bits per heavy atom. The number of hydrogen-bond acceptors (Lipinski definition) is 5. The number of amides is 2. The van der Waals surface area contributed by atoms with Crippen LogP contribution < -0.4 is 10.2 Å². The summed E-state index contributed by atoms with van der Waals surface area (Å²) in [4.78, 5) is 28.8. The van der Waals surface area contributed by atoms with E-state index in [0.29, 0.717) is 16.9 Å². The average Bonchev–Trinajstić information content (AvgIpc) is 3.37. The lowest BCUT2D eigenvalue weighted by molar-refractivity contribution is 0.0966. The third-order valence-corrected chi connectivity index (χ3v) is 4.21. The summed E-state index contributed by atoms with van der Waals surface area (Å²) in [7, 11) is 5.59. The van der Waals surface area contributed by atoms with Crippen LogP contribution in [0.5, 0.6) is 0 Å². The molecular weight excluding hydrogens is 358 g/mol. The van der Waals surface area contributed by atoms with E-state index in [2.05, 4.69) is 15.3 Å². The van der Waals surface area contributed by atoms with Crippen molar-refractivity contribution in [3.8, 4) is 0 Å². The number of rotatable bonds is 7. The van der Waals surface area contributed by atoms with Gasteiger partial charge in [0, 0.05) is 19.8 Å². The zero-order valence-electron chi connectivity index (χ0n) is 16.1. The molecule has 0 saturated carbocycles. The number of nitrogens with zero attached hydrogens (tertiary/aromatic N) is 4. The van der Waals surface area contributed by atoms with Crippen LogP contribution in [0.3, 0.4) is 0 Å². The molecule has 0 aliphatic rings. The van der Waals surface area contributed by atoms with Crippen LogP contribution >= 0.6 is 0 Å². The lowest BCUT2D eigenvalue weighted by atomic mass is 10.1. The van der Waals surface area contributed by atoms with Gasteiger partial charge in [-0.3, -0.25) is 14.3 Å². The molecule has 2 heterocycles. The summed E-state index contributed by atoms with van der Waals surface area (Å²) in [6.45, 7) is 1.57. The first-order valence-corrected chi connectivity index (χ1v) is 8.85. The van der Waals surface area contributed by atoms with Crippen LogP contribution in [0.4, 0.5) is 11.4 Å². The van der Waals surface area contributed by atoms with Crippen LogP contribution in [0, 0.1) is 0 Å². The van der Waals surface area contributed by atoms with Crippen molar-refractivity contribution in [2.75, 3.05) is 37.9 Å². The molecule has 2 amide bonds. The van der Waals surface area contributed by atoms with Crippen molar-refractivity contribution in [1.29, 1.82) is 0 Å². The van der Waals surface area contributed by atoms with E-state index < -0.39 is 0 Å². The summed E-state index contributed by atoms with van der Waals surface area (Å²) in [5.74, 6) is -0.441. The molecule has 0 fully saturated rings. The molecule has 2 aromatic heterocycles. The zero-order chi connectivity index (χ0) is 20.1. The number of nitrogens with one attached hydrogen (secondary N) is 1. The van der Waals surface area contributed by atoms with Gasteiger partial charge < -0.3 is 19.5 Å². The number of benzene rings is 1. The molecule has 8 nitrogen and oxygen atoms in total. The van der Waals surface area contributed by atoms with Gasteiger partial charge in [-0.1, -0.05) is 12.1 Å². The molecule has 0 spiro atoms. The molecule has 3 rings (SSSR count). The molecule has 0 radical (unpaired) electrons. The van der Waals surface area contributed by atoms with Gasteiger partial charge in [-0.25, -0.2) is 0 Å². The van der Waals surface area contributed by atoms with Crippen molar-refractivity contribution in [2.24, 2.45) is 0 Å². The van der Waals surface area contributed by atoms with Gasteiger partial charge in [-0.2, -0.15) is 5.10 Å². The van der Waals surface area contributed by atoms with Gasteiger partial charge in [-0.05, 0) is 38.4 Å². The van der Waals surface area contributed by atoms with Crippen LogP contribution in [-0.2, 0) is 6.54 Å². The van der Waals surface area contributed by atoms with E-state index in [1.54, 1.807) is 60.5 Å². The van der Waals surface area contributed by atoms with E-state index in [4.69, 9.17) is 4.42 Å². The fourth-order valence-electron chi connectivity index (χ4n) is 2.68. The van der Waals surface area contributed by atoms with Crippen molar-refractivity contribution in [3.05, 3.63) is 66.4 Å². The molecule has 146 valence electrons. The number of likely N-dealkylation sites (N-methyl/N-ethyl adjacent to an activating group) is 1. The summed E-state index contributed by atoms with van der Waals surface area (Å²) in [6.07, 6.45) is 4.82. The number of hydrogen-bond donors (Lipinski definition) is 1. The molecular formula is C20H23N5O3. The Hall–Kier alpha value is -3.39. The Morgan fingerprint density at radius 2 is 1.93 bits per heavy atom. The molecule has 28 heavy (non-hydrogen) atoms. The van der Waals surface area contributed by atoms with Crippen LogP contribution in [0.25, 0.3) is 0 Å². The van der Waals surface area contributed by atoms with Gasteiger partial charge in [0.15, 0.2) is 5.76 Å². The fourth-order valence-corrected chi connectivity index (χ4v) is 2.68. The third-order valence-electron chi connectivity index (χ3n) is 4.21. The van der Waals surface area contributed by atoms with Gasteiger partial charge >= 0.3 is 0 Å². The maximum atomic E-state index is 12.8. The SMILES string of the molecule is CN(C)CCn1cc(NC(=O)c2ccccc2N(C)C(=O)c2ccco2)cn1. The van der Waals surface area contributed by atoms with Crippen molar-refractivity contribution >= 4 is 23.2 Å². The van der Waals surface area contributed by atoms with Crippen LogP contribution in [-0.4, -0.2) is 54.2 Å². The number of furan rings is 1. The van der Waals surface area contributed by atoms with E-state index in [1.807, 2.05) is 14.1 Å². The van der Waals surface area contributed by atoms with Crippen molar-refractivity contribution < 1.29 is 14.0 Å². The first-order valence-electron chi connectivity index (χ1n) is 8.85. The lowest BCUT2D eigenvalue weighted by Gasteiger charge is -2.19. The second-order valence-corrected chi connectivity index (χ2v) is 6.61. The minimum atomic E-state index is -0.332. The molecule has 0 atom stereocenters. The molecule has 1 aromatic carbocycles. The molecule has 0 aliphatic carbocycles. The van der Waals surface area contributed by atoms with E-state index in [0.717, 1.165) is 13.1 Å². The third kappa shape index (κ3) is 4.47. The van der Waals surface area contributed by atoms with Crippen molar-refractivity contribution in [2.45, 2.75) is 6.54 Å². The molecule has 1 N–H and O–H groups in total. The van der Waals surface area contributed by atoms with Crippen LogP contribution in [0.15, 0.2) is 59.5 Å². The maximum Gasteiger partial charge on any atom is 0.293 e. The number of para-hydroxylation sites is 1. The highest BCUT2D eigenvalue weighted by molar-refractivity contribution is 6.12. The summed E-state index contributed by atoms with van der Waals surface area (Å²) in [6, 6.07) is 10.2. The number of carbonyl (C=O) groups is 2. The Bertz CT molecular complexity index is 946. The minimum absolute atomic E-state index is 0.208. The summed E-state index contributed by atoms with van der Waals surface area (Å²) in [5, 5.41) is 7.09. The zero-order valence-corrected chi connectivity index (χ0v) is 16.1. The largest absolute Gasteiger partial charge is 0.459 e. The van der Waals surface area contributed by atoms with Gasteiger partial charge in [-0.15, -0.1) is 0 Å². The fraction of sp³-hybridized carbons (Fsp3) is 0.250. The number of aromatic nitrogens is 2. The second kappa shape index (κ2) is 8.53. The van der Waals surface area contributed by atoms with Gasteiger partial charge in [0.1, 0.15) is 0 Å². The highest BCUT2D eigenvalue weighted by Gasteiger charge is 2.21. The number of anilines is 2. The van der Waals surface area contributed by atoms with Crippen molar-refractivity contribution in [3.63, 3.8) is 0 Å². The Kier molecular flexibility index (Phi) is 5.90. The summed E-state index contributed by atoms with van der Waals surface area (Å²) < 4.78 is 6.94. The highest BCUT2D eigenvalue weighted by atomic mass is 16.3. The lowest BCUT2D eigenvalue weighted by Crippen LogP contribution is -2.28. The van der Waals surface area contributed by atoms with Gasteiger partial charge in [0.25, 0.3) is 11.8 Å². The van der Waals surface area contributed by atoms with E-state index in [1.165, 1.54) is 11.2 Å². The minimum Gasteiger partial charge on any atom is -0.459 e. The van der Waals surface area contributed by atoms with Gasteiger partial charge in [0.05, 0.1) is 35.9 Å². The standard InChI is InChI=1S/C20H23N5O3/c1-23(2)10-11-25-14-15(13-21-25)22-19(26)16-7-4-5-8-17(16)24(3)20(27)18-9-6-12-28-18/h4-9,12-14H,10-11H2,1-3H3,(H,22,26). The monoisotopic (exact) mass is 381 g/mol. The van der Waals surface area contributed by atoms with Gasteiger partial charge in [0.2, 0.25) is 0 Å². The Balaban J connectivity index is 1.75. The highest BCUT2D eigenvalue weighted by Crippen LogP contribution is 2.22. The predicted octanol–water partition coefficient (Wildman–Crippen LogP) is 2.57. The summed E-state index contributed by atoms with van der Waals surface area (Å²) in [5.41, 5.74) is 1.46. The first-order chi connectivity index (χ1) is 13.5. The Morgan fingerprint density at radius 3 is 2.64 bits per heavy atom. The maximum absolute atomic E-state index is 12.8. The van der Waals surface area contributed by atoms with E-state index in [9.17, 15) is 9.59 Å². The molecule has 3 aromatic rings. The quantitative estimate of drug-likeness (QED) is 0.680. The van der Waals surface area contributed by atoms with Crippen LogP contribution in [0.1, 0.15) is 20.9 Å². The topological polar surface area (TPSA) is 83.6 Å². The normalized spacial score (nSPS) is 10.9. The number of carbonyl (C=O) groups excluding carboxylic acids is 2. The molecule has 0 saturated heterocycles. The Labute approximate surface area is 163 Å². The summed E-state index contributed by atoms with van der Waals surface area (Å²) >= 11 is 0. The van der Waals surface area contributed by atoms with E-state index in [-0.39, 0.29) is 17.6 Å². The second-order valence-electron chi connectivity index (χ2n) is 6.61. The predicted molar refractivity (Wildman–Crippen MR) is 107 cm³/mol. The smallest absolute Gasteiger partial charge is 0.293 e. The molecule has 0 unspecified atom stereocenters. The van der Waals surface area contributed by atoms with Crippen LogP contribution in [0.2, 0.25) is 0 Å². The molecule has 0 aliphatic heterocycles. The van der Waals surface area contributed by atoms with E-state index >= 15 is 0 Å². The average molecular weight is 381 g/mol. The molecule has 0 bridgehead atoms. The first kappa shape index (κ1) is 19.4. The molecule has 8 heteroatoms. The van der Waals surface area contributed by atoms with Crippen molar-refractivity contribution in [1.82, 2.24) is 14.7 Å².